The molecule has 4 nitrogen and oxygen atoms in total. The molecule has 1 aliphatic carbocycles. The number of halogens is 2. The van der Waals surface area contributed by atoms with E-state index in [4.69, 9.17) is 0 Å². The zero-order valence-electron chi connectivity index (χ0n) is 10.3. The van der Waals surface area contributed by atoms with Crippen LogP contribution >= 0.6 is 22.6 Å². The standard InChI is InChI=1S/C12H16FIN2O2S/c13-9-2-5-12(11(14)8-9)16-19(17,18)7-1-6-15-10-3-4-10/h2,5,8,10,15-16H,1,3-4,6-7H2. The van der Waals surface area contributed by atoms with Crippen molar-refractivity contribution < 1.29 is 12.8 Å². The predicted molar refractivity (Wildman–Crippen MR) is 82.2 cm³/mol. The van der Waals surface area contributed by atoms with E-state index in [2.05, 4.69) is 10.0 Å². The van der Waals surface area contributed by atoms with E-state index < -0.39 is 10.0 Å². The van der Waals surface area contributed by atoms with Crippen molar-refractivity contribution in [2.75, 3.05) is 17.0 Å². The molecular formula is C12H16FIN2O2S. The van der Waals surface area contributed by atoms with Crippen molar-refractivity contribution in [3.05, 3.63) is 27.6 Å². The van der Waals surface area contributed by atoms with Gasteiger partial charge in [0.1, 0.15) is 5.82 Å². The lowest BCUT2D eigenvalue weighted by Crippen LogP contribution is -2.23. The van der Waals surface area contributed by atoms with Crippen LogP contribution < -0.4 is 10.0 Å². The normalized spacial score (nSPS) is 15.5. The van der Waals surface area contributed by atoms with Gasteiger partial charge in [-0.2, -0.15) is 0 Å². The van der Waals surface area contributed by atoms with Gasteiger partial charge in [-0.1, -0.05) is 0 Å². The molecule has 0 radical (unpaired) electrons. The Balaban J connectivity index is 1.84. The van der Waals surface area contributed by atoms with E-state index in [1.165, 1.54) is 31.0 Å². The van der Waals surface area contributed by atoms with E-state index in [0.29, 0.717) is 28.3 Å². The first-order valence-corrected chi connectivity index (χ1v) is 8.88. The summed E-state index contributed by atoms with van der Waals surface area (Å²) in [5, 5.41) is 3.27. The maximum atomic E-state index is 12.9. The van der Waals surface area contributed by atoms with Crippen molar-refractivity contribution in [3.8, 4) is 0 Å². The molecule has 1 aromatic carbocycles. The summed E-state index contributed by atoms with van der Waals surface area (Å²) in [6.45, 7) is 0.714. The van der Waals surface area contributed by atoms with Crippen LogP contribution in [0.4, 0.5) is 10.1 Å². The smallest absolute Gasteiger partial charge is 0.232 e. The summed E-state index contributed by atoms with van der Waals surface area (Å²) in [5.41, 5.74) is 0.428. The molecule has 0 bridgehead atoms. The number of rotatable bonds is 7. The molecule has 19 heavy (non-hydrogen) atoms. The molecule has 1 aromatic rings. The van der Waals surface area contributed by atoms with Crippen LogP contribution in [0.1, 0.15) is 19.3 Å². The van der Waals surface area contributed by atoms with Gasteiger partial charge in [-0.25, -0.2) is 12.8 Å². The summed E-state index contributed by atoms with van der Waals surface area (Å²) in [7, 11) is -3.36. The van der Waals surface area contributed by atoms with E-state index in [1.807, 2.05) is 22.6 Å². The highest BCUT2D eigenvalue weighted by molar-refractivity contribution is 14.1. The highest BCUT2D eigenvalue weighted by Crippen LogP contribution is 2.20. The average Bonchev–Trinajstić information content (AvgIpc) is 3.12. The molecule has 1 saturated carbocycles. The molecule has 1 aliphatic rings. The van der Waals surface area contributed by atoms with Gasteiger partial charge in [0.15, 0.2) is 0 Å². The quantitative estimate of drug-likeness (QED) is 0.548. The first-order valence-electron chi connectivity index (χ1n) is 6.15. The van der Waals surface area contributed by atoms with Gasteiger partial charge < -0.3 is 5.32 Å². The maximum absolute atomic E-state index is 12.9. The summed E-state index contributed by atoms with van der Waals surface area (Å²) in [6.07, 6.45) is 2.96. The number of hydrogen-bond acceptors (Lipinski definition) is 3. The van der Waals surface area contributed by atoms with E-state index >= 15 is 0 Å². The van der Waals surface area contributed by atoms with E-state index in [0.717, 1.165) is 0 Å². The Hall–Kier alpha value is -0.410. The zero-order valence-corrected chi connectivity index (χ0v) is 13.3. The van der Waals surface area contributed by atoms with E-state index in [1.54, 1.807) is 0 Å². The van der Waals surface area contributed by atoms with Gasteiger partial charge >= 0.3 is 0 Å². The minimum Gasteiger partial charge on any atom is -0.314 e. The van der Waals surface area contributed by atoms with Crippen molar-refractivity contribution in [2.24, 2.45) is 0 Å². The highest BCUT2D eigenvalue weighted by Gasteiger charge is 2.20. The Kier molecular flexibility index (Phi) is 5.02. The third kappa shape index (κ3) is 5.23. The second kappa shape index (κ2) is 6.36. The zero-order chi connectivity index (χ0) is 13.9. The average molecular weight is 398 g/mol. The summed E-state index contributed by atoms with van der Waals surface area (Å²) in [5.74, 6) is -0.304. The number of sulfonamides is 1. The molecule has 0 spiro atoms. The molecular weight excluding hydrogens is 382 g/mol. The second-order valence-corrected chi connectivity index (χ2v) is 7.63. The van der Waals surface area contributed by atoms with Crippen molar-refractivity contribution in [3.63, 3.8) is 0 Å². The summed E-state index contributed by atoms with van der Waals surface area (Å²) >= 11 is 1.91. The van der Waals surface area contributed by atoms with Crippen LogP contribution in [-0.2, 0) is 10.0 Å². The molecule has 7 heteroatoms. The van der Waals surface area contributed by atoms with E-state index in [-0.39, 0.29) is 11.6 Å². The van der Waals surface area contributed by atoms with Crippen molar-refractivity contribution in [1.29, 1.82) is 0 Å². The highest BCUT2D eigenvalue weighted by atomic mass is 127. The van der Waals surface area contributed by atoms with Crippen molar-refractivity contribution >= 4 is 38.3 Å². The number of nitrogens with one attached hydrogen (secondary N) is 2. The number of anilines is 1. The second-order valence-electron chi connectivity index (χ2n) is 4.63. The number of hydrogen-bond donors (Lipinski definition) is 2. The Morgan fingerprint density at radius 1 is 1.37 bits per heavy atom. The molecule has 0 aliphatic heterocycles. The lowest BCUT2D eigenvalue weighted by atomic mass is 10.3. The lowest BCUT2D eigenvalue weighted by molar-refractivity contribution is 0.593. The fourth-order valence-corrected chi connectivity index (χ4v) is 3.58. The Bertz CT molecular complexity index is 547. The summed E-state index contributed by atoms with van der Waals surface area (Å²) in [6, 6.07) is 4.58. The third-order valence-electron chi connectivity index (χ3n) is 2.80. The molecule has 2 rings (SSSR count). The van der Waals surface area contributed by atoms with Crippen LogP contribution in [0.5, 0.6) is 0 Å². The Labute approximate surface area is 126 Å². The molecule has 2 N–H and O–H groups in total. The first kappa shape index (κ1) is 15.0. The van der Waals surface area contributed by atoms with Crippen LogP contribution in [0, 0.1) is 9.39 Å². The first-order chi connectivity index (χ1) is 8.96. The van der Waals surface area contributed by atoms with Crippen LogP contribution in [0.2, 0.25) is 0 Å². The SMILES string of the molecule is O=S(=O)(CCCNC1CC1)Nc1ccc(F)cc1I. The number of benzene rings is 1. The lowest BCUT2D eigenvalue weighted by Gasteiger charge is -2.10. The van der Waals surface area contributed by atoms with Gasteiger partial charge in [0.2, 0.25) is 10.0 Å². The molecule has 0 amide bonds. The van der Waals surface area contributed by atoms with Crippen LogP contribution in [0.25, 0.3) is 0 Å². The van der Waals surface area contributed by atoms with Gasteiger partial charge in [0.25, 0.3) is 0 Å². The van der Waals surface area contributed by atoms with Gasteiger partial charge in [-0.05, 0) is 66.6 Å². The summed E-state index contributed by atoms with van der Waals surface area (Å²) in [4.78, 5) is 0. The van der Waals surface area contributed by atoms with Gasteiger partial charge in [-0.15, -0.1) is 0 Å². The maximum Gasteiger partial charge on any atom is 0.232 e. The fraction of sp³-hybridized carbons (Fsp3) is 0.500. The largest absolute Gasteiger partial charge is 0.314 e. The summed E-state index contributed by atoms with van der Waals surface area (Å²) < 4.78 is 39.7. The van der Waals surface area contributed by atoms with E-state index in [9.17, 15) is 12.8 Å². The molecule has 0 aromatic heterocycles. The molecule has 1 fully saturated rings. The molecule has 0 saturated heterocycles. The Morgan fingerprint density at radius 2 is 2.11 bits per heavy atom. The minimum absolute atomic E-state index is 0.0696. The monoisotopic (exact) mass is 398 g/mol. The minimum atomic E-state index is -3.36. The van der Waals surface area contributed by atoms with Crippen LogP contribution in [0.15, 0.2) is 18.2 Å². The molecule has 0 heterocycles. The molecule has 0 unspecified atom stereocenters. The Morgan fingerprint density at radius 3 is 2.74 bits per heavy atom. The van der Waals surface area contributed by atoms with Gasteiger partial charge in [-0.3, -0.25) is 4.72 Å². The van der Waals surface area contributed by atoms with Crippen LogP contribution in [0.3, 0.4) is 0 Å². The molecule has 106 valence electrons. The molecule has 0 atom stereocenters. The predicted octanol–water partition coefficient (Wildman–Crippen LogP) is 2.31. The van der Waals surface area contributed by atoms with Gasteiger partial charge in [0, 0.05) is 9.61 Å². The van der Waals surface area contributed by atoms with Crippen molar-refractivity contribution in [1.82, 2.24) is 5.32 Å². The van der Waals surface area contributed by atoms with Gasteiger partial charge in [0.05, 0.1) is 11.4 Å². The fourth-order valence-electron chi connectivity index (χ4n) is 1.65. The third-order valence-corrected chi connectivity index (χ3v) is 5.05. The topological polar surface area (TPSA) is 58.2 Å². The van der Waals surface area contributed by atoms with Crippen LogP contribution in [-0.4, -0.2) is 26.8 Å². The van der Waals surface area contributed by atoms with Crippen molar-refractivity contribution in [2.45, 2.75) is 25.3 Å².